The van der Waals surface area contributed by atoms with E-state index < -0.39 is 44.4 Å². The van der Waals surface area contributed by atoms with Crippen LogP contribution in [0.15, 0.2) is 97.1 Å². The predicted octanol–water partition coefficient (Wildman–Crippen LogP) is 5.36. The number of hydrogen-bond acceptors (Lipinski definition) is 12. The minimum Gasteiger partial charge on any atom is -0.493 e. The second kappa shape index (κ2) is 22.4. The highest BCUT2D eigenvalue weighted by atomic mass is 32.2. The molecule has 56 heavy (non-hydrogen) atoms. The monoisotopic (exact) mass is 816 g/mol. The van der Waals surface area contributed by atoms with Crippen molar-refractivity contribution in [1.29, 1.82) is 0 Å². The fraction of sp³-hybridized carbons (Fsp3) is 0.350. The smallest absolute Gasteiger partial charge is 0.333 e. The lowest BCUT2D eigenvalue weighted by Crippen LogP contribution is -2.26. The highest BCUT2D eigenvalue weighted by molar-refractivity contribution is 7.86. The third-order valence-electron chi connectivity index (χ3n) is 7.64. The molecule has 14 nitrogen and oxygen atoms in total. The van der Waals surface area contributed by atoms with E-state index in [0.717, 1.165) is 34.8 Å². The first-order chi connectivity index (χ1) is 26.5. The van der Waals surface area contributed by atoms with Crippen molar-refractivity contribution in [3.05, 3.63) is 119 Å². The molecule has 0 saturated carbocycles. The normalized spacial score (nSPS) is 12.4. The van der Waals surface area contributed by atoms with Crippen molar-refractivity contribution in [2.75, 3.05) is 38.9 Å². The zero-order valence-corrected chi connectivity index (χ0v) is 33.3. The molecule has 0 radical (unpaired) electrons. The minimum absolute atomic E-state index is 0.273. The second-order valence-electron chi connectivity index (χ2n) is 12.3. The van der Waals surface area contributed by atoms with E-state index in [2.05, 4.69) is 0 Å². The van der Waals surface area contributed by atoms with Crippen LogP contribution in [0.3, 0.4) is 0 Å². The van der Waals surface area contributed by atoms with E-state index in [1.54, 1.807) is 86.6 Å². The summed E-state index contributed by atoms with van der Waals surface area (Å²) in [5.74, 6) is -0.0395. The van der Waals surface area contributed by atoms with Gasteiger partial charge in [-0.3, -0.25) is 0 Å². The molecule has 4 aromatic rings. The minimum atomic E-state index is -3.53. The molecular weight excluding hydrogens is 769 g/mol. The molecule has 4 rings (SSSR count). The third-order valence-corrected chi connectivity index (χ3v) is 8.63. The molecule has 0 aromatic heterocycles. The summed E-state index contributed by atoms with van der Waals surface area (Å²) in [5.41, 5.74) is 3.68. The van der Waals surface area contributed by atoms with E-state index in [1.165, 1.54) is 0 Å². The van der Waals surface area contributed by atoms with E-state index >= 15 is 0 Å². The van der Waals surface area contributed by atoms with Crippen molar-refractivity contribution >= 4 is 32.2 Å². The highest BCUT2D eigenvalue weighted by Gasteiger charge is 2.19. The van der Waals surface area contributed by atoms with Gasteiger partial charge in [0.25, 0.3) is 0 Å². The summed E-state index contributed by atoms with van der Waals surface area (Å²) < 4.78 is 75.8. The van der Waals surface area contributed by atoms with E-state index in [0.29, 0.717) is 63.6 Å². The molecule has 2 N–H and O–H groups in total. The van der Waals surface area contributed by atoms with E-state index in [9.17, 15) is 26.4 Å². The molecule has 0 aliphatic rings. The Kier molecular flexibility index (Phi) is 18.1. The first-order valence-corrected chi connectivity index (χ1v) is 21.3. The molecule has 0 aliphatic carbocycles. The van der Waals surface area contributed by atoms with Crippen LogP contribution in [0.25, 0.3) is 0 Å². The van der Waals surface area contributed by atoms with E-state index in [4.69, 9.17) is 37.5 Å². The summed E-state index contributed by atoms with van der Waals surface area (Å²) in [7, 11) is -7.06. The fourth-order valence-corrected chi connectivity index (χ4v) is 5.98. The lowest BCUT2D eigenvalue weighted by Gasteiger charge is -2.13. The highest BCUT2D eigenvalue weighted by Crippen LogP contribution is 2.19. The van der Waals surface area contributed by atoms with Crippen LogP contribution in [0.4, 0.5) is 0 Å². The molecule has 2 atom stereocenters. The van der Waals surface area contributed by atoms with Gasteiger partial charge in [-0.15, -0.1) is 0 Å². The molecule has 0 fully saturated rings. The molecule has 0 aliphatic heterocycles. The zero-order chi connectivity index (χ0) is 41.1. The van der Waals surface area contributed by atoms with Crippen LogP contribution in [0.2, 0.25) is 0 Å². The van der Waals surface area contributed by atoms with Crippen LogP contribution >= 0.6 is 0 Å². The average molecular weight is 817 g/mol. The Balaban J connectivity index is 0.000000300. The number of rotatable bonds is 22. The first-order valence-electron chi connectivity index (χ1n) is 17.6. The lowest BCUT2D eigenvalue weighted by atomic mass is 10.1. The molecule has 0 heterocycles. The van der Waals surface area contributed by atoms with Gasteiger partial charge in [-0.05, 0) is 84.6 Å². The number of ether oxygens (including phenoxy) is 4. The Hall–Kier alpha value is -5.16. The van der Waals surface area contributed by atoms with Crippen molar-refractivity contribution < 1.29 is 64.0 Å². The Morgan fingerprint density at radius 3 is 1.05 bits per heavy atom. The van der Waals surface area contributed by atoms with Gasteiger partial charge in [0.15, 0.2) is 12.2 Å². The summed E-state index contributed by atoms with van der Waals surface area (Å²) in [4.78, 5) is 22.3. The SMILES string of the molecule is CCO[C@@H](Cc1ccc(OCCc2ccc(OS(C)(=O)=O)cc2)cc1)C(=O)O.CCO[C@@H](Cc1ccc(OCCc2ccc(OS(C)(=O)=O)cc2)cc1)C(=O)O. The van der Waals surface area contributed by atoms with Gasteiger partial charge < -0.3 is 37.5 Å². The Labute approximate surface area is 328 Å². The van der Waals surface area contributed by atoms with Crippen LogP contribution in [-0.2, 0) is 65.0 Å². The topological polar surface area (TPSA) is 198 Å². The van der Waals surface area contributed by atoms with Gasteiger partial charge in [-0.1, -0.05) is 48.5 Å². The molecule has 16 heteroatoms. The van der Waals surface area contributed by atoms with Crippen LogP contribution in [0.5, 0.6) is 23.0 Å². The van der Waals surface area contributed by atoms with Crippen LogP contribution in [-0.4, -0.2) is 90.1 Å². The number of carbonyl (C=O) groups is 2. The summed E-state index contributed by atoms with van der Waals surface area (Å²) in [6.07, 6.45) is 2.17. The van der Waals surface area contributed by atoms with Crippen LogP contribution in [0.1, 0.15) is 36.1 Å². The van der Waals surface area contributed by atoms with Gasteiger partial charge >= 0.3 is 32.2 Å². The van der Waals surface area contributed by atoms with Gasteiger partial charge in [0, 0.05) is 38.9 Å². The van der Waals surface area contributed by atoms with E-state index in [-0.39, 0.29) is 11.5 Å². The van der Waals surface area contributed by atoms with Crippen molar-refractivity contribution in [1.82, 2.24) is 0 Å². The van der Waals surface area contributed by atoms with Crippen molar-refractivity contribution in [3.8, 4) is 23.0 Å². The van der Waals surface area contributed by atoms with Gasteiger partial charge in [0.05, 0.1) is 25.7 Å². The standard InChI is InChI=1S/2C20H24O7S/c2*1-3-25-19(20(21)22)14-16-6-8-17(9-7-16)26-13-12-15-4-10-18(11-5-15)27-28(2,23)24/h2*4-11,19H,3,12-14H2,1-2H3,(H,21,22)/t2*19-/m00/s1. The van der Waals surface area contributed by atoms with Gasteiger partial charge in [0.2, 0.25) is 0 Å². The second-order valence-corrected chi connectivity index (χ2v) is 15.5. The summed E-state index contributed by atoms with van der Waals surface area (Å²) in [6, 6.07) is 28.0. The molecule has 304 valence electrons. The average Bonchev–Trinajstić information content (AvgIpc) is 3.13. The molecule has 0 bridgehead atoms. The van der Waals surface area contributed by atoms with Crippen molar-refractivity contribution in [2.45, 2.75) is 51.7 Å². The van der Waals surface area contributed by atoms with Gasteiger partial charge in [-0.25, -0.2) is 9.59 Å². The summed E-state index contributed by atoms with van der Waals surface area (Å²) in [5, 5.41) is 18.3. The maximum atomic E-state index is 11.1. The zero-order valence-electron chi connectivity index (χ0n) is 31.7. The third kappa shape index (κ3) is 18.0. The van der Waals surface area contributed by atoms with Crippen LogP contribution in [0, 0.1) is 0 Å². The van der Waals surface area contributed by atoms with Gasteiger partial charge in [0.1, 0.15) is 23.0 Å². The molecule has 0 unspecified atom stereocenters. The lowest BCUT2D eigenvalue weighted by molar-refractivity contribution is -0.150. The summed E-state index contributed by atoms with van der Waals surface area (Å²) >= 11 is 0. The predicted molar refractivity (Wildman–Crippen MR) is 209 cm³/mol. The largest absolute Gasteiger partial charge is 0.493 e. The molecule has 0 spiro atoms. The molecule has 0 amide bonds. The number of carboxylic acids is 2. The maximum absolute atomic E-state index is 11.1. The Bertz CT molecular complexity index is 1870. The molecule has 4 aromatic carbocycles. The summed E-state index contributed by atoms with van der Waals surface area (Å²) in [6.45, 7) is 5.11. The number of carboxylic acid groups (broad SMARTS) is 2. The van der Waals surface area contributed by atoms with Crippen molar-refractivity contribution in [2.24, 2.45) is 0 Å². The Morgan fingerprint density at radius 2 is 0.786 bits per heavy atom. The number of benzene rings is 4. The Morgan fingerprint density at radius 1 is 0.500 bits per heavy atom. The first kappa shape index (κ1) is 45.2. The molecule has 0 saturated heterocycles. The maximum Gasteiger partial charge on any atom is 0.333 e. The quantitative estimate of drug-likeness (QED) is 0.0962. The fourth-order valence-electron chi connectivity index (χ4n) is 5.06. The number of aliphatic carboxylic acids is 2. The van der Waals surface area contributed by atoms with E-state index in [1.807, 2.05) is 24.3 Å². The molecular formula is C40H48O14S2. The van der Waals surface area contributed by atoms with Gasteiger partial charge in [-0.2, -0.15) is 16.8 Å². The van der Waals surface area contributed by atoms with Crippen LogP contribution < -0.4 is 17.8 Å². The number of hydrogen-bond donors (Lipinski definition) is 2. The van der Waals surface area contributed by atoms with Crippen molar-refractivity contribution in [3.63, 3.8) is 0 Å².